The van der Waals surface area contributed by atoms with Gasteiger partial charge in [-0.15, -0.1) is 0 Å². The largest absolute Gasteiger partial charge is 0.271 e. The molecule has 0 saturated carbocycles. The highest BCUT2D eigenvalue weighted by Crippen LogP contribution is 2.16. The zero-order valence-electron chi connectivity index (χ0n) is 8.52. The molecule has 2 rings (SSSR count). The molecule has 6 heteroatoms. The SMILES string of the molecule is NNC(Cc1ccc(Cl)cc1)c1cn[nH]n1. The summed E-state index contributed by atoms with van der Waals surface area (Å²) in [5.41, 5.74) is 4.64. The Hall–Kier alpha value is -1.43. The van der Waals surface area contributed by atoms with E-state index in [1.165, 1.54) is 0 Å². The summed E-state index contributed by atoms with van der Waals surface area (Å²) in [5.74, 6) is 5.48. The highest BCUT2D eigenvalue weighted by molar-refractivity contribution is 6.30. The zero-order valence-corrected chi connectivity index (χ0v) is 9.28. The highest BCUT2D eigenvalue weighted by atomic mass is 35.5. The third-order valence-corrected chi connectivity index (χ3v) is 2.60. The normalized spacial score (nSPS) is 12.6. The molecule has 0 aliphatic rings. The predicted molar refractivity (Wildman–Crippen MR) is 61.6 cm³/mol. The topological polar surface area (TPSA) is 79.6 Å². The summed E-state index contributed by atoms with van der Waals surface area (Å²) in [7, 11) is 0. The Morgan fingerprint density at radius 2 is 2.12 bits per heavy atom. The molecule has 5 nitrogen and oxygen atoms in total. The van der Waals surface area contributed by atoms with E-state index in [2.05, 4.69) is 20.8 Å². The van der Waals surface area contributed by atoms with Crippen LogP contribution in [0.5, 0.6) is 0 Å². The van der Waals surface area contributed by atoms with Gasteiger partial charge in [-0.1, -0.05) is 23.7 Å². The number of benzene rings is 1. The molecule has 1 atom stereocenters. The number of nitrogens with zero attached hydrogens (tertiary/aromatic N) is 2. The number of aromatic amines is 1. The molecular weight excluding hydrogens is 226 g/mol. The number of hydrogen-bond donors (Lipinski definition) is 3. The fourth-order valence-corrected chi connectivity index (χ4v) is 1.61. The van der Waals surface area contributed by atoms with Gasteiger partial charge in [0.25, 0.3) is 0 Å². The lowest BCUT2D eigenvalue weighted by Crippen LogP contribution is -2.29. The second kappa shape index (κ2) is 5.07. The molecule has 16 heavy (non-hydrogen) atoms. The second-order valence-electron chi connectivity index (χ2n) is 3.44. The average Bonchev–Trinajstić information content (AvgIpc) is 2.82. The van der Waals surface area contributed by atoms with Crippen molar-refractivity contribution in [2.75, 3.05) is 0 Å². The lowest BCUT2D eigenvalue weighted by atomic mass is 10.0. The van der Waals surface area contributed by atoms with Gasteiger partial charge in [0.05, 0.1) is 12.2 Å². The van der Waals surface area contributed by atoms with E-state index in [1.54, 1.807) is 6.20 Å². The van der Waals surface area contributed by atoms with Gasteiger partial charge in [-0.3, -0.25) is 11.3 Å². The maximum absolute atomic E-state index is 5.81. The van der Waals surface area contributed by atoms with Gasteiger partial charge in [-0.25, -0.2) is 0 Å². The molecule has 1 unspecified atom stereocenters. The predicted octanol–water partition coefficient (Wildman–Crippen LogP) is 1.21. The third kappa shape index (κ3) is 2.57. The number of H-pyrrole nitrogens is 1. The smallest absolute Gasteiger partial charge is 0.101 e. The minimum atomic E-state index is -0.0556. The molecule has 1 aromatic carbocycles. The van der Waals surface area contributed by atoms with Crippen LogP contribution in [0.15, 0.2) is 30.5 Å². The molecule has 1 heterocycles. The number of hydrazine groups is 1. The van der Waals surface area contributed by atoms with Crippen molar-refractivity contribution in [3.8, 4) is 0 Å². The number of halogens is 1. The molecule has 1 aromatic heterocycles. The summed E-state index contributed by atoms with van der Waals surface area (Å²) in [5, 5.41) is 11.0. The Bertz CT molecular complexity index is 425. The van der Waals surface area contributed by atoms with Crippen molar-refractivity contribution in [1.82, 2.24) is 20.8 Å². The zero-order chi connectivity index (χ0) is 11.4. The fraction of sp³-hybridized carbons (Fsp3) is 0.200. The molecule has 0 fully saturated rings. The molecule has 0 spiro atoms. The Morgan fingerprint density at radius 1 is 1.38 bits per heavy atom. The number of hydrogen-bond acceptors (Lipinski definition) is 4. The van der Waals surface area contributed by atoms with Crippen LogP contribution in [-0.4, -0.2) is 15.4 Å². The van der Waals surface area contributed by atoms with Gasteiger partial charge < -0.3 is 0 Å². The molecule has 2 aromatic rings. The van der Waals surface area contributed by atoms with Crippen LogP contribution in [0.3, 0.4) is 0 Å². The fourth-order valence-electron chi connectivity index (χ4n) is 1.48. The molecule has 84 valence electrons. The van der Waals surface area contributed by atoms with Crippen LogP contribution in [0.4, 0.5) is 0 Å². The van der Waals surface area contributed by atoms with Crippen LogP contribution in [0.1, 0.15) is 17.3 Å². The van der Waals surface area contributed by atoms with E-state index in [0.717, 1.165) is 22.7 Å². The molecule has 0 saturated heterocycles. The van der Waals surface area contributed by atoms with E-state index in [9.17, 15) is 0 Å². The Morgan fingerprint density at radius 3 is 2.69 bits per heavy atom. The van der Waals surface area contributed by atoms with Crippen molar-refractivity contribution in [3.05, 3.63) is 46.7 Å². The molecule has 0 amide bonds. The minimum Gasteiger partial charge on any atom is -0.271 e. The summed E-state index contributed by atoms with van der Waals surface area (Å²) in [6.45, 7) is 0. The van der Waals surface area contributed by atoms with Gasteiger partial charge in [0.15, 0.2) is 0 Å². The summed E-state index contributed by atoms with van der Waals surface area (Å²) in [6.07, 6.45) is 2.39. The number of rotatable bonds is 4. The van der Waals surface area contributed by atoms with Crippen LogP contribution in [0, 0.1) is 0 Å². The molecule has 0 aliphatic heterocycles. The van der Waals surface area contributed by atoms with Crippen LogP contribution in [0.25, 0.3) is 0 Å². The van der Waals surface area contributed by atoms with Crippen LogP contribution >= 0.6 is 11.6 Å². The Kier molecular flexibility index (Phi) is 3.51. The summed E-state index contributed by atoms with van der Waals surface area (Å²) >= 11 is 5.81. The van der Waals surface area contributed by atoms with Gasteiger partial charge in [0, 0.05) is 5.02 Å². The standard InChI is InChI=1S/C10H12ClN5/c11-8-3-1-7(2-4-8)5-9(14-12)10-6-13-16-15-10/h1-4,6,9,14H,5,12H2,(H,13,15,16). The lowest BCUT2D eigenvalue weighted by molar-refractivity contribution is 0.537. The Labute approximate surface area is 98.0 Å². The van der Waals surface area contributed by atoms with Crippen LogP contribution in [-0.2, 0) is 6.42 Å². The van der Waals surface area contributed by atoms with Crippen molar-refractivity contribution >= 4 is 11.6 Å². The number of nitrogens with two attached hydrogens (primary N) is 1. The van der Waals surface area contributed by atoms with Gasteiger partial charge in [0.2, 0.25) is 0 Å². The second-order valence-corrected chi connectivity index (χ2v) is 3.88. The van der Waals surface area contributed by atoms with E-state index < -0.39 is 0 Å². The first-order valence-corrected chi connectivity index (χ1v) is 5.23. The van der Waals surface area contributed by atoms with Crippen molar-refractivity contribution in [1.29, 1.82) is 0 Å². The van der Waals surface area contributed by atoms with E-state index in [-0.39, 0.29) is 6.04 Å². The Balaban J connectivity index is 2.10. The maximum Gasteiger partial charge on any atom is 0.101 e. The van der Waals surface area contributed by atoms with Gasteiger partial charge in [0.1, 0.15) is 5.69 Å². The monoisotopic (exact) mass is 237 g/mol. The van der Waals surface area contributed by atoms with Gasteiger partial charge in [-0.2, -0.15) is 15.4 Å². The molecule has 0 radical (unpaired) electrons. The lowest BCUT2D eigenvalue weighted by Gasteiger charge is -2.12. The number of aromatic nitrogens is 3. The molecule has 4 N–H and O–H groups in total. The van der Waals surface area contributed by atoms with Crippen molar-refractivity contribution in [3.63, 3.8) is 0 Å². The van der Waals surface area contributed by atoms with Crippen molar-refractivity contribution in [2.24, 2.45) is 5.84 Å². The molecule has 0 aliphatic carbocycles. The van der Waals surface area contributed by atoms with Crippen molar-refractivity contribution in [2.45, 2.75) is 12.5 Å². The molecular formula is C10H12ClN5. The first-order valence-electron chi connectivity index (χ1n) is 4.86. The van der Waals surface area contributed by atoms with Gasteiger partial charge >= 0.3 is 0 Å². The van der Waals surface area contributed by atoms with Crippen LogP contribution in [0.2, 0.25) is 5.02 Å². The average molecular weight is 238 g/mol. The quantitative estimate of drug-likeness (QED) is 0.552. The molecule has 0 bridgehead atoms. The first-order chi connectivity index (χ1) is 7.79. The summed E-state index contributed by atoms with van der Waals surface area (Å²) in [4.78, 5) is 0. The van der Waals surface area contributed by atoms with Crippen LogP contribution < -0.4 is 11.3 Å². The summed E-state index contributed by atoms with van der Waals surface area (Å²) < 4.78 is 0. The third-order valence-electron chi connectivity index (χ3n) is 2.34. The number of nitrogens with one attached hydrogen (secondary N) is 2. The van der Waals surface area contributed by atoms with Crippen molar-refractivity contribution < 1.29 is 0 Å². The van der Waals surface area contributed by atoms with E-state index in [4.69, 9.17) is 17.4 Å². The maximum atomic E-state index is 5.81. The first kappa shape index (κ1) is 11.1. The van der Waals surface area contributed by atoms with Gasteiger partial charge in [-0.05, 0) is 24.1 Å². The highest BCUT2D eigenvalue weighted by Gasteiger charge is 2.12. The minimum absolute atomic E-state index is 0.0556. The summed E-state index contributed by atoms with van der Waals surface area (Å²) in [6, 6.07) is 7.58. The van der Waals surface area contributed by atoms with E-state index in [0.29, 0.717) is 0 Å². The van der Waals surface area contributed by atoms with E-state index >= 15 is 0 Å². The van der Waals surface area contributed by atoms with E-state index in [1.807, 2.05) is 24.3 Å².